The summed E-state index contributed by atoms with van der Waals surface area (Å²) in [5.74, 6) is -1.10. The number of ether oxygens (including phenoxy) is 1. The second-order valence-corrected chi connectivity index (χ2v) is 9.58. The largest absolute Gasteiger partial charge is 0.459 e. The Balaban J connectivity index is 2.02. The van der Waals surface area contributed by atoms with Crippen LogP contribution in [0, 0.1) is 17.0 Å². The molecule has 3 aromatic carbocycles. The Bertz CT molecular complexity index is 1280. The van der Waals surface area contributed by atoms with Crippen LogP contribution in [0.25, 0.3) is 0 Å². The molecule has 0 fully saturated rings. The minimum Gasteiger partial charge on any atom is -0.459 e. The molecule has 0 unspecified atom stereocenters. The molecular weight excluding hydrogens is 460 g/mol. The van der Waals surface area contributed by atoms with Gasteiger partial charge in [-0.3, -0.25) is 10.1 Å². The molecule has 0 saturated carbocycles. The van der Waals surface area contributed by atoms with Gasteiger partial charge in [0.15, 0.2) is 5.54 Å². The first-order valence-corrected chi connectivity index (χ1v) is 11.8. The highest BCUT2D eigenvalue weighted by Crippen LogP contribution is 2.34. The number of hydrogen-bond donors (Lipinski definition) is 2. The number of nitrogens with zero attached hydrogens (tertiary/aromatic N) is 1. The third-order valence-corrected chi connectivity index (χ3v) is 6.87. The molecular formula is C24H24N2O7S. The van der Waals surface area contributed by atoms with Crippen molar-refractivity contribution in [1.82, 2.24) is 4.72 Å². The van der Waals surface area contributed by atoms with Gasteiger partial charge in [0, 0.05) is 6.07 Å². The average Bonchev–Trinajstić information content (AvgIpc) is 2.82. The summed E-state index contributed by atoms with van der Waals surface area (Å²) in [4.78, 5) is 23.9. The van der Waals surface area contributed by atoms with Crippen LogP contribution in [0.4, 0.5) is 5.69 Å². The van der Waals surface area contributed by atoms with Gasteiger partial charge in [0.2, 0.25) is 10.0 Å². The molecule has 178 valence electrons. The molecule has 0 spiro atoms. The number of carbonyl (C=O) groups excluding carboxylic acids is 1. The van der Waals surface area contributed by atoms with Gasteiger partial charge < -0.3 is 9.84 Å². The zero-order valence-corrected chi connectivity index (χ0v) is 19.4. The molecule has 3 aromatic rings. The van der Waals surface area contributed by atoms with Crippen LogP contribution < -0.4 is 4.72 Å². The number of carbonyl (C=O) groups is 1. The van der Waals surface area contributed by atoms with Gasteiger partial charge >= 0.3 is 5.97 Å². The first-order chi connectivity index (χ1) is 16.0. The molecule has 0 amide bonds. The normalized spacial score (nSPS) is 14.1. The predicted octanol–water partition coefficient (Wildman–Crippen LogP) is 3.42. The number of aliphatic hydroxyl groups is 1. The van der Waals surface area contributed by atoms with Crippen LogP contribution in [0.1, 0.15) is 29.7 Å². The maximum absolute atomic E-state index is 13.2. The van der Waals surface area contributed by atoms with Gasteiger partial charge in [-0.25, -0.2) is 13.2 Å². The van der Waals surface area contributed by atoms with Crippen molar-refractivity contribution in [3.8, 4) is 0 Å². The van der Waals surface area contributed by atoms with Gasteiger partial charge in [-0.2, -0.15) is 4.72 Å². The van der Waals surface area contributed by atoms with Gasteiger partial charge in [0.25, 0.3) is 5.69 Å². The summed E-state index contributed by atoms with van der Waals surface area (Å²) < 4.78 is 33.8. The summed E-state index contributed by atoms with van der Waals surface area (Å²) in [6.07, 6.45) is -1.93. The summed E-state index contributed by atoms with van der Waals surface area (Å²) in [6, 6.07) is 19.8. The standard InChI is InChI=1S/C24H24N2O7S/c1-17-12-14-19(15-13-17)34(31,32)25-24(2,23(28)33-16-18-8-4-3-5-9-18)22(27)20-10-6-7-11-21(20)26(29)30/h3-15,22,25,27H,16H2,1-2H3/t22-,24-/m1/s1. The van der Waals surface area contributed by atoms with E-state index in [-0.39, 0.29) is 17.1 Å². The second kappa shape index (κ2) is 10.1. The molecule has 2 atom stereocenters. The lowest BCUT2D eigenvalue weighted by Crippen LogP contribution is -2.56. The van der Waals surface area contributed by atoms with E-state index < -0.39 is 38.2 Å². The van der Waals surface area contributed by atoms with Gasteiger partial charge in [0.1, 0.15) is 12.7 Å². The summed E-state index contributed by atoms with van der Waals surface area (Å²) >= 11 is 0. The smallest absolute Gasteiger partial charge is 0.330 e. The number of aliphatic hydroxyl groups excluding tert-OH is 1. The molecule has 0 aliphatic heterocycles. The number of nitrogens with one attached hydrogen (secondary N) is 1. The van der Waals surface area contributed by atoms with Crippen LogP contribution in [0.2, 0.25) is 0 Å². The van der Waals surface area contributed by atoms with Gasteiger partial charge in [0.05, 0.1) is 15.4 Å². The summed E-state index contributed by atoms with van der Waals surface area (Å²) in [5.41, 5.74) is -1.53. The van der Waals surface area contributed by atoms with Crippen LogP contribution in [-0.2, 0) is 26.2 Å². The zero-order chi connectivity index (χ0) is 24.9. The van der Waals surface area contributed by atoms with Crippen molar-refractivity contribution in [3.63, 3.8) is 0 Å². The topological polar surface area (TPSA) is 136 Å². The molecule has 0 radical (unpaired) electrons. The van der Waals surface area contributed by atoms with Crippen molar-refractivity contribution in [2.75, 3.05) is 0 Å². The van der Waals surface area contributed by atoms with Crippen molar-refractivity contribution < 1.29 is 28.0 Å². The number of nitro groups is 1. The van der Waals surface area contributed by atoms with Gasteiger partial charge in [-0.15, -0.1) is 0 Å². The minimum atomic E-state index is -4.33. The Hall–Kier alpha value is -3.60. The SMILES string of the molecule is Cc1ccc(S(=O)(=O)N[C@@](C)(C(=O)OCc2ccccc2)[C@H](O)c2ccccc2[N+](=O)[O-])cc1. The molecule has 34 heavy (non-hydrogen) atoms. The van der Waals surface area contributed by atoms with E-state index in [0.29, 0.717) is 5.56 Å². The highest BCUT2D eigenvalue weighted by Gasteiger charge is 2.48. The van der Waals surface area contributed by atoms with Gasteiger partial charge in [-0.05, 0) is 37.6 Å². The highest BCUT2D eigenvalue weighted by atomic mass is 32.2. The zero-order valence-electron chi connectivity index (χ0n) is 18.5. The van der Waals surface area contributed by atoms with E-state index in [1.807, 2.05) is 0 Å². The lowest BCUT2D eigenvalue weighted by atomic mass is 9.89. The summed E-state index contributed by atoms with van der Waals surface area (Å²) in [5, 5.41) is 22.7. The number of hydrogen-bond acceptors (Lipinski definition) is 7. The monoisotopic (exact) mass is 484 g/mol. The quantitative estimate of drug-likeness (QED) is 0.270. The number of benzene rings is 3. The fourth-order valence-electron chi connectivity index (χ4n) is 3.33. The molecule has 3 rings (SSSR count). The maximum Gasteiger partial charge on any atom is 0.330 e. The Morgan fingerprint density at radius 1 is 1.06 bits per heavy atom. The predicted molar refractivity (Wildman–Crippen MR) is 124 cm³/mol. The average molecular weight is 485 g/mol. The van der Waals surface area contributed by atoms with Crippen LogP contribution in [0.3, 0.4) is 0 Å². The van der Waals surface area contributed by atoms with E-state index in [2.05, 4.69) is 4.72 Å². The number of rotatable bonds is 9. The van der Waals surface area contributed by atoms with Crippen molar-refractivity contribution in [3.05, 3.63) is 106 Å². The Morgan fingerprint density at radius 3 is 2.26 bits per heavy atom. The summed E-state index contributed by atoms with van der Waals surface area (Å²) in [6.45, 7) is 2.73. The first kappa shape index (κ1) is 25.0. The highest BCUT2D eigenvalue weighted by molar-refractivity contribution is 7.89. The van der Waals surface area contributed by atoms with E-state index in [0.717, 1.165) is 18.6 Å². The molecule has 0 saturated heterocycles. The van der Waals surface area contributed by atoms with Gasteiger partial charge in [-0.1, -0.05) is 60.2 Å². The Kier molecular flexibility index (Phi) is 7.45. The maximum atomic E-state index is 13.2. The lowest BCUT2D eigenvalue weighted by Gasteiger charge is -2.32. The molecule has 0 heterocycles. The van der Waals surface area contributed by atoms with E-state index in [1.54, 1.807) is 49.4 Å². The third-order valence-electron chi connectivity index (χ3n) is 5.29. The Morgan fingerprint density at radius 2 is 1.65 bits per heavy atom. The first-order valence-electron chi connectivity index (χ1n) is 10.3. The van der Waals surface area contributed by atoms with Crippen molar-refractivity contribution in [2.45, 2.75) is 37.0 Å². The minimum absolute atomic E-state index is 0.144. The van der Waals surface area contributed by atoms with Crippen molar-refractivity contribution in [2.24, 2.45) is 0 Å². The third kappa shape index (κ3) is 5.48. The molecule has 0 bridgehead atoms. The number of para-hydroxylation sites is 1. The van der Waals surface area contributed by atoms with Crippen molar-refractivity contribution >= 4 is 21.7 Å². The molecule has 0 aromatic heterocycles. The van der Waals surface area contributed by atoms with Crippen LogP contribution in [0.5, 0.6) is 0 Å². The van der Waals surface area contributed by atoms with Crippen LogP contribution >= 0.6 is 0 Å². The van der Waals surface area contributed by atoms with E-state index >= 15 is 0 Å². The number of sulfonamides is 1. The number of aryl methyl sites for hydroxylation is 1. The number of esters is 1. The molecule has 0 aliphatic rings. The van der Waals surface area contributed by atoms with Crippen LogP contribution in [0.15, 0.2) is 83.8 Å². The molecule has 0 aliphatic carbocycles. The molecule has 9 nitrogen and oxygen atoms in total. The number of nitro benzene ring substituents is 1. The molecule has 10 heteroatoms. The fraction of sp³-hybridized carbons (Fsp3) is 0.208. The fourth-order valence-corrected chi connectivity index (χ4v) is 4.70. The van der Waals surface area contributed by atoms with E-state index in [9.17, 15) is 28.4 Å². The van der Waals surface area contributed by atoms with E-state index in [4.69, 9.17) is 4.74 Å². The van der Waals surface area contributed by atoms with Crippen molar-refractivity contribution in [1.29, 1.82) is 0 Å². The Labute approximate surface area is 197 Å². The summed E-state index contributed by atoms with van der Waals surface area (Å²) in [7, 11) is -4.33. The second-order valence-electron chi connectivity index (χ2n) is 7.90. The van der Waals surface area contributed by atoms with E-state index in [1.165, 1.54) is 30.3 Å². The van der Waals surface area contributed by atoms with Crippen LogP contribution in [-0.4, -0.2) is 30.0 Å². The molecule has 2 N–H and O–H groups in total. The lowest BCUT2D eigenvalue weighted by molar-refractivity contribution is -0.386.